The number of sulfone groups is 1. The topological polar surface area (TPSA) is 80.3 Å². The van der Waals surface area contributed by atoms with Crippen molar-refractivity contribution in [3.63, 3.8) is 0 Å². The SMILES string of the molecule is O=S(=O)(CC1CC1)NCC1CCCCS1(=O)=O. The molecule has 0 spiro atoms. The average molecular weight is 281 g/mol. The van der Waals surface area contributed by atoms with Crippen molar-refractivity contribution < 1.29 is 16.8 Å². The van der Waals surface area contributed by atoms with E-state index in [-0.39, 0.29) is 24.0 Å². The molecule has 100 valence electrons. The molecule has 1 saturated heterocycles. The van der Waals surface area contributed by atoms with Gasteiger partial charge in [0.15, 0.2) is 9.84 Å². The summed E-state index contributed by atoms with van der Waals surface area (Å²) in [5.74, 6) is 0.636. The van der Waals surface area contributed by atoms with Gasteiger partial charge in [0, 0.05) is 6.54 Å². The predicted octanol–water partition coefficient (Wildman–Crippen LogP) is 0.283. The van der Waals surface area contributed by atoms with Gasteiger partial charge in [-0.2, -0.15) is 0 Å². The Morgan fingerprint density at radius 1 is 1.12 bits per heavy atom. The van der Waals surface area contributed by atoms with Gasteiger partial charge < -0.3 is 0 Å². The number of sulfonamides is 1. The van der Waals surface area contributed by atoms with Crippen LogP contribution in [0.2, 0.25) is 0 Å². The van der Waals surface area contributed by atoms with Crippen molar-refractivity contribution in [3.8, 4) is 0 Å². The fraction of sp³-hybridized carbons (Fsp3) is 1.00. The zero-order valence-electron chi connectivity index (χ0n) is 9.76. The third-order valence-corrected chi connectivity index (χ3v) is 7.19. The summed E-state index contributed by atoms with van der Waals surface area (Å²) in [4.78, 5) is 0. The molecule has 1 heterocycles. The number of hydrogen-bond acceptors (Lipinski definition) is 4. The first-order valence-corrected chi connectivity index (χ1v) is 9.45. The largest absolute Gasteiger partial charge is 0.229 e. The molecule has 1 unspecified atom stereocenters. The zero-order valence-corrected chi connectivity index (χ0v) is 11.4. The van der Waals surface area contributed by atoms with Gasteiger partial charge in [0.2, 0.25) is 10.0 Å². The lowest BCUT2D eigenvalue weighted by Crippen LogP contribution is -2.40. The first kappa shape index (κ1) is 13.3. The van der Waals surface area contributed by atoms with Crippen molar-refractivity contribution in [3.05, 3.63) is 0 Å². The van der Waals surface area contributed by atoms with Gasteiger partial charge in [-0.05, 0) is 31.6 Å². The standard InChI is InChI=1S/C10H19NO4S2/c12-16(13)6-2-1-3-10(16)7-11-17(14,15)8-9-4-5-9/h9-11H,1-8H2. The summed E-state index contributed by atoms with van der Waals surface area (Å²) in [6.45, 7) is 0.0530. The van der Waals surface area contributed by atoms with Crippen molar-refractivity contribution in [2.75, 3.05) is 18.1 Å². The molecule has 2 rings (SSSR count). The third-order valence-electron chi connectivity index (χ3n) is 3.40. The molecule has 1 aliphatic heterocycles. The Balaban J connectivity index is 1.88. The lowest BCUT2D eigenvalue weighted by molar-refractivity contribution is 0.530. The molecule has 17 heavy (non-hydrogen) atoms. The molecule has 0 radical (unpaired) electrons. The van der Waals surface area contributed by atoms with Crippen LogP contribution < -0.4 is 4.72 Å². The Labute approximate surface area is 103 Å². The minimum atomic E-state index is -3.28. The van der Waals surface area contributed by atoms with Crippen LogP contribution in [-0.2, 0) is 19.9 Å². The maximum absolute atomic E-state index is 11.7. The number of rotatable bonds is 5. The van der Waals surface area contributed by atoms with Crippen molar-refractivity contribution in [1.82, 2.24) is 4.72 Å². The van der Waals surface area contributed by atoms with Crippen molar-refractivity contribution in [1.29, 1.82) is 0 Å². The highest BCUT2D eigenvalue weighted by Gasteiger charge is 2.32. The Morgan fingerprint density at radius 2 is 1.82 bits per heavy atom. The van der Waals surface area contributed by atoms with Gasteiger partial charge in [-0.3, -0.25) is 0 Å². The van der Waals surface area contributed by atoms with Crippen LogP contribution in [0.4, 0.5) is 0 Å². The second-order valence-corrected chi connectivity index (χ2v) is 9.31. The van der Waals surface area contributed by atoms with Crippen molar-refractivity contribution >= 4 is 19.9 Å². The molecule has 0 aromatic heterocycles. The van der Waals surface area contributed by atoms with Gasteiger partial charge in [0.1, 0.15) is 0 Å². The normalized spacial score (nSPS) is 29.1. The zero-order chi connectivity index (χ0) is 12.5. The summed E-state index contributed by atoms with van der Waals surface area (Å²) in [7, 11) is -6.37. The first-order valence-electron chi connectivity index (χ1n) is 6.08. The lowest BCUT2D eigenvalue weighted by Gasteiger charge is -2.22. The van der Waals surface area contributed by atoms with Gasteiger partial charge in [0.05, 0.1) is 16.8 Å². The van der Waals surface area contributed by atoms with Gasteiger partial charge in [-0.25, -0.2) is 21.6 Å². The van der Waals surface area contributed by atoms with Crippen LogP contribution in [-0.4, -0.2) is 40.1 Å². The Hall–Kier alpha value is -0.140. The van der Waals surface area contributed by atoms with Crippen molar-refractivity contribution in [2.24, 2.45) is 5.92 Å². The molecular weight excluding hydrogens is 262 g/mol. The highest BCUT2D eigenvalue weighted by molar-refractivity contribution is 7.92. The van der Waals surface area contributed by atoms with E-state index < -0.39 is 25.1 Å². The molecule has 1 saturated carbocycles. The van der Waals surface area contributed by atoms with E-state index in [1.165, 1.54) is 0 Å². The average Bonchev–Trinajstić information content (AvgIpc) is 2.98. The second kappa shape index (κ2) is 4.85. The Bertz CT molecular complexity index is 465. The summed E-state index contributed by atoms with van der Waals surface area (Å²) in [6.07, 6.45) is 4.10. The molecule has 0 aromatic carbocycles. The Kier molecular flexibility index (Phi) is 3.80. The smallest absolute Gasteiger partial charge is 0.211 e. The second-order valence-electron chi connectivity index (χ2n) is 5.06. The van der Waals surface area contributed by atoms with Gasteiger partial charge in [-0.15, -0.1) is 0 Å². The quantitative estimate of drug-likeness (QED) is 0.785. The van der Waals surface area contributed by atoms with Crippen LogP contribution in [0.1, 0.15) is 32.1 Å². The highest BCUT2D eigenvalue weighted by Crippen LogP contribution is 2.30. The van der Waals surface area contributed by atoms with E-state index in [0.29, 0.717) is 12.8 Å². The van der Waals surface area contributed by atoms with Crippen LogP contribution in [0.3, 0.4) is 0 Å². The molecule has 2 aliphatic rings. The molecular formula is C10H19NO4S2. The van der Waals surface area contributed by atoms with E-state index in [4.69, 9.17) is 0 Å². The lowest BCUT2D eigenvalue weighted by atomic mass is 10.2. The van der Waals surface area contributed by atoms with Crippen LogP contribution in [0.25, 0.3) is 0 Å². The fourth-order valence-corrected chi connectivity index (χ4v) is 5.56. The van der Waals surface area contributed by atoms with Crippen LogP contribution in [0, 0.1) is 5.92 Å². The van der Waals surface area contributed by atoms with Crippen LogP contribution in [0.5, 0.6) is 0 Å². The molecule has 0 amide bonds. The Morgan fingerprint density at radius 3 is 2.41 bits per heavy atom. The van der Waals surface area contributed by atoms with Crippen LogP contribution in [0.15, 0.2) is 0 Å². The molecule has 5 nitrogen and oxygen atoms in total. The summed E-state index contributed by atoms with van der Waals surface area (Å²) in [6, 6.07) is 0. The molecule has 1 N–H and O–H groups in total. The highest BCUT2D eigenvalue weighted by atomic mass is 32.2. The predicted molar refractivity (Wildman–Crippen MR) is 65.9 cm³/mol. The fourth-order valence-electron chi connectivity index (χ4n) is 2.12. The number of nitrogens with one attached hydrogen (secondary N) is 1. The first-order chi connectivity index (χ1) is 7.89. The molecule has 7 heteroatoms. The summed E-state index contributed by atoms with van der Waals surface area (Å²) < 4.78 is 49.1. The van der Waals surface area contributed by atoms with Crippen molar-refractivity contribution in [2.45, 2.75) is 37.4 Å². The molecule has 1 aliphatic carbocycles. The molecule has 0 aromatic rings. The van der Waals surface area contributed by atoms with Crippen LogP contribution >= 0.6 is 0 Å². The van der Waals surface area contributed by atoms with E-state index in [2.05, 4.69) is 4.72 Å². The van der Waals surface area contributed by atoms with E-state index >= 15 is 0 Å². The minimum absolute atomic E-state index is 0.0530. The molecule has 2 fully saturated rings. The maximum atomic E-state index is 11.7. The summed E-state index contributed by atoms with van der Waals surface area (Å²) in [5.41, 5.74) is 0. The van der Waals surface area contributed by atoms with E-state index in [1.54, 1.807) is 0 Å². The summed E-state index contributed by atoms with van der Waals surface area (Å²) in [5, 5.41) is -0.523. The summed E-state index contributed by atoms with van der Waals surface area (Å²) >= 11 is 0. The maximum Gasteiger partial charge on any atom is 0.211 e. The van der Waals surface area contributed by atoms with E-state index in [9.17, 15) is 16.8 Å². The van der Waals surface area contributed by atoms with E-state index in [0.717, 1.165) is 19.3 Å². The molecule has 0 bridgehead atoms. The number of hydrogen-bond donors (Lipinski definition) is 1. The minimum Gasteiger partial charge on any atom is -0.229 e. The van der Waals surface area contributed by atoms with Gasteiger partial charge in [-0.1, -0.05) is 6.42 Å². The van der Waals surface area contributed by atoms with E-state index in [1.807, 2.05) is 0 Å². The van der Waals surface area contributed by atoms with Gasteiger partial charge in [0.25, 0.3) is 0 Å². The van der Waals surface area contributed by atoms with Gasteiger partial charge >= 0.3 is 0 Å². The monoisotopic (exact) mass is 281 g/mol. The third kappa shape index (κ3) is 3.93. The molecule has 1 atom stereocenters.